The van der Waals surface area contributed by atoms with E-state index in [4.69, 9.17) is 40.5 Å². The van der Waals surface area contributed by atoms with Gasteiger partial charge < -0.3 is 5.73 Å². The molecule has 2 heterocycles. The van der Waals surface area contributed by atoms with Crippen LogP contribution < -0.4 is 5.73 Å². The van der Waals surface area contributed by atoms with Gasteiger partial charge in [0.05, 0.1) is 37.8 Å². The Morgan fingerprint density at radius 2 is 1.86 bits per heavy atom. The predicted octanol–water partition coefficient (Wildman–Crippen LogP) is 5.40. The van der Waals surface area contributed by atoms with E-state index in [9.17, 15) is 4.21 Å². The monoisotopic (exact) mass is 473 g/mol. The smallest absolute Gasteiger partial charge is 0.168 e. The number of aromatic nitrogens is 4. The summed E-state index contributed by atoms with van der Waals surface area (Å²) >= 11 is 18.9. The number of benzene rings is 1. The van der Waals surface area contributed by atoms with Crippen LogP contribution >= 0.6 is 34.8 Å². The third-order valence-corrected chi connectivity index (χ3v) is 6.47. The summed E-state index contributed by atoms with van der Waals surface area (Å²) in [6.45, 7) is 6.06. The lowest BCUT2D eigenvalue weighted by atomic mass is 9.98. The number of halogens is 3. The van der Waals surface area contributed by atoms with Gasteiger partial charge in [-0.15, -0.1) is 0 Å². The molecule has 0 saturated carbocycles. The summed E-state index contributed by atoms with van der Waals surface area (Å²) < 4.78 is 14.3. The first kappa shape index (κ1) is 22.4. The standard InChI is InChI=1S/C19H22Cl3N5OS/c1-4-5-6-10(2)16-15-18(25-11(3)24-16)27(26-19(15)29(28)9-23)17-13(21)7-12(20)8-14(17)22/h7-8,10H,4-6,9,23H2,1-3H3. The van der Waals surface area contributed by atoms with Crippen LogP contribution in [0.1, 0.15) is 50.5 Å². The highest BCUT2D eigenvalue weighted by atomic mass is 35.5. The zero-order valence-electron chi connectivity index (χ0n) is 16.4. The van der Waals surface area contributed by atoms with E-state index in [1.54, 1.807) is 12.1 Å². The molecule has 0 aliphatic heterocycles. The van der Waals surface area contributed by atoms with Gasteiger partial charge in [0.25, 0.3) is 0 Å². The number of hydrogen-bond acceptors (Lipinski definition) is 5. The molecule has 0 spiro atoms. The maximum Gasteiger partial charge on any atom is 0.168 e. The number of aryl methyl sites for hydroxylation is 1. The Labute approximate surface area is 187 Å². The van der Waals surface area contributed by atoms with Gasteiger partial charge in [-0.3, -0.25) is 4.21 Å². The molecule has 1 aromatic carbocycles. The van der Waals surface area contributed by atoms with E-state index < -0.39 is 10.8 Å². The molecule has 10 heteroatoms. The first-order chi connectivity index (χ1) is 13.8. The van der Waals surface area contributed by atoms with Gasteiger partial charge in [0.1, 0.15) is 11.5 Å². The van der Waals surface area contributed by atoms with Crippen LogP contribution in [0.4, 0.5) is 0 Å². The molecule has 156 valence electrons. The van der Waals surface area contributed by atoms with E-state index in [1.807, 2.05) is 6.92 Å². The van der Waals surface area contributed by atoms with Crippen LogP contribution in [0.3, 0.4) is 0 Å². The minimum absolute atomic E-state index is 0.0646. The molecule has 0 aliphatic rings. The average Bonchev–Trinajstić information content (AvgIpc) is 3.03. The summed E-state index contributed by atoms with van der Waals surface area (Å²) in [6.07, 6.45) is 3.09. The van der Waals surface area contributed by atoms with Crippen molar-refractivity contribution in [1.82, 2.24) is 19.7 Å². The van der Waals surface area contributed by atoms with Crippen molar-refractivity contribution < 1.29 is 4.21 Å². The second-order valence-electron chi connectivity index (χ2n) is 6.85. The van der Waals surface area contributed by atoms with E-state index in [0.29, 0.717) is 42.6 Å². The first-order valence-electron chi connectivity index (χ1n) is 9.29. The number of unbranched alkanes of at least 4 members (excludes halogenated alkanes) is 1. The molecule has 0 aliphatic carbocycles. The molecule has 2 aromatic heterocycles. The van der Waals surface area contributed by atoms with Gasteiger partial charge in [0.2, 0.25) is 0 Å². The summed E-state index contributed by atoms with van der Waals surface area (Å²) in [7, 11) is -1.52. The van der Waals surface area contributed by atoms with E-state index in [-0.39, 0.29) is 11.8 Å². The number of nitrogens with zero attached hydrogens (tertiary/aromatic N) is 4. The normalized spacial score (nSPS) is 13.8. The van der Waals surface area contributed by atoms with E-state index in [1.165, 1.54) is 4.68 Å². The van der Waals surface area contributed by atoms with E-state index in [2.05, 4.69) is 28.9 Å². The third-order valence-electron chi connectivity index (χ3n) is 4.65. The van der Waals surface area contributed by atoms with Gasteiger partial charge in [-0.25, -0.2) is 14.6 Å². The molecule has 0 saturated heterocycles. The third kappa shape index (κ3) is 4.44. The zero-order chi connectivity index (χ0) is 21.3. The van der Waals surface area contributed by atoms with E-state index >= 15 is 0 Å². The molecule has 0 bridgehead atoms. The van der Waals surface area contributed by atoms with Crippen molar-refractivity contribution >= 4 is 56.6 Å². The number of rotatable bonds is 7. The number of nitrogens with two attached hydrogens (primary N) is 1. The lowest BCUT2D eigenvalue weighted by molar-refractivity contribution is 0.612. The summed E-state index contributed by atoms with van der Waals surface area (Å²) in [5, 5.41) is 6.58. The Hall–Kier alpha value is -1.25. The van der Waals surface area contributed by atoms with Gasteiger partial charge >= 0.3 is 0 Å². The van der Waals surface area contributed by atoms with Crippen LogP contribution in [0.25, 0.3) is 16.7 Å². The highest BCUT2D eigenvalue weighted by Crippen LogP contribution is 2.37. The van der Waals surface area contributed by atoms with Gasteiger partial charge in [-0.05, 0) is 31.4 Å². The van der Waals surface area contributed by atoms with Gasteiger partial charge in [0.15, 0.2) is 10.7 Å². The molecule has 2 unspecified atom stereocenters. The summed E-state index contributed by atoms with van der Waals surface area (Å²) in [5.41, 5.74) is 7.43. The lowest BCUT2D eigenvalue weighted by Gasteiger charge is -2.13. The Kier molecular flexibility index (Phi) is 7.17. The van der Waals surface area contributed by atoms with Gasteiger partial charge in [0, 0.05) is 5.02 Å². The van der Waals surface area contributed by atoms with Crippen LogP contribution in [-0.2, 0) is 10.8 Å². The molecule has 2 atom stereocenters. The maximum absolute atomic E-state index is 12.7. The SMILES string of the molecule is CCCCC(C)c1nc(C)nc2c1c(S(=O)CN)nn2-c1c(Cl)cc(Cl)cc1Cl. The summed E-state index contributed by atoms with van der Waals surface area (Å²) in [4.78, 5) is 9.25. The molecule has 0 amide bonds. The fraction of sp³-hybridized carbons (Fsp3) is 0.421. The molecule has 2 N–H and O–H groups in total. The van der Waals surface area contributed by atoms with Crippen molar-refractivity contribution in [3.63, 3.8) is 0 Å². The van der Waals surface area contributed by atoms with Crippen molar-refractivity contribution in [2.75, 3.05) is 5.88 Å². The largest absolute Gasteiger partial charge is 0.319 e. The van der Waals surface area contributed by atoms with Crippen molar-refractivity contribution in [3.8, 4) is 5.69 Å². The zero-order valence-corrected chi connectivity index (χ0v) is 19.5. The van der Waals surface area contributed by atoms with Crippen LogP contribution in [0, 0.1) is 6.92 Å². The van der Waals surface area contributed by atoms with E-state index in [0.717, 1.165) is 25.0 Å². The van der Waals surface area contributed by atoms with Crippen LogP contribution in [0.5, 0.6) is 0 Å². The second-order valence-corrected chi connectivity index (χ2v) is 9.51. The molecule has 3 rings (SSSR count). The molecular weight excluding hydrogens is 453 g/mol. The minimum atomic E-state index is -1.52. The van der Waals surface area contributed by atoms with Crippen LogP contribution in [-0.4, -0.2) is 29.8 Å². The van der Waals surface area contributed by atoms with Crippen molar-refractivity contribution in [1.29, 1.82) is 0 Å². The molecule has 29 heavy (non-hydrogen) atoms. The molecular formula is C19H22Cl3N5OS. The fourth-order valence-corrected chi connectivity index (χ4v) is 4.99. The average molecular weight is 475 g/mol. The van der Waals surface area contributed by atoms with Crippen molar-refractivity contribution in [2.45, 2.75) is 51.0 Å². The molecule has 0 radical (unpaired) electrons. The topological polar surface area (TPSA) is 86.7 Å². The number of fused-ring (bicyclic) bond motifs is 1. The highest BCUT2D eigenvalue weighted by Gasteiger charge is 2.26. The fourth-order valence-electron chi connectivity index (χ4n) is 3.26. The van der Waals surface area contributed by atoms with Crippen molar-refractivity contribution in [3.05, 3.63) is 38.7 Å². The Morgan fingerprint density at radius 3 is 2.45 bits per heavy atom. The quantitative estimate of drug-likeness (QED) is 0.495. The van der Waals surface area contributed by atoms with Crippen LogP contribution in [0.2, 0.25) is 15.1 Å². The minimum Gasteiger partial charge on any atom is -0.319 e. The van der Waals surface area contributed by atoms with Gasteiger partial charge in [-0.2, -0.15) is 5.10 Å². The summed E-state index contributed by atoms with van der Waals surface area (Å²) in [5.74, 6) is 0.662. The second kappa shape index (κ2) is 9.27. The Morgan fingerprint density at radius 1 is 1.21 bits per heavy atom. The predicted molar refractivity (Wildman–Crippen MR) is 120 cm³/mol. The number of hydrogen-bond donors (Lipinski definition) is 1. The Balaban J connectivity index is 2.37. The summed E-state index contributed by atoms with van der Waals surface area (Å²) in [6, 6.07) is 3.16. The molecule has 3 aromatic rings. The lowest BCUT2D eigenvalue weighted by Crippen LogP contribution is -2.10. The van der Waals surface area contributed by atoms with Crippen molar-refractivity contribution in [2.24, 2.45) is 5.73 Å². The molecule has 6 nitrogen and oxygen atoms in total. The maximum atomic E-state index is 12.7. The Bertz CT molecular complexity index is 1060. The highest BCUT2D eigenvalue weighted by molar-refractivity contribution is 7.85. The van der Waals surface area contributed by atoms with Gasteiger partial charge in [-0.1, -0.05) is 61.5 Å². The molecule has 0 fully saturated rings. The van der Waals surface area contributed by atoms with Crippen LogP contribution in [0.15, 0.2) is 17.2 Å². The first-order valence-corrected chi connectivity index (χ1v) is 11.7.